The number of Topliss-reactive ketones (excluding diaryl/α,β-unsaturated/α-hetero) is 1. The summed E-state index contributed by atoms with van der Waals surface area (Å²) in [5, 5.41) is 5.47. The van der Waals surface area contributed by atoms with Gasteiger partial charge in [-0.2, -0.15) is 0 Å². The van der Waals surface area contributed by atoms with E-state index in [1.165, 1.54) is 0 Å². The molecule has 0 spiro atoms. The molecule has 0 aromatic carbocycles. The van der Waals surface area contributed by atoms with E-state index >= 15 is 0 Å². The van der Waals surface area contributed by atoms with E-state index < -0.39 is 0 Å². The SMILES string of the molecule is CC(C)OCCOCC(=O)NCCC=O.CCC(=O)COCCNC. The molecule has 0 aliphatic carbocycles. The lowest BCUT2D eigenvalue weighted by Gasteiger charge is -2.08. The van der Waals surface area contributed by atoms with Crippen LogP contribution in [0.1, 0.15) is 33.6 Å². The summed E-state index contributed by atoms with van der Waals surface area (Å²) in [5.41, 5.74) is 0. The molecule has 148 valence electrons. The summed E-state index contributed by atoms with van der Waals surface area (Å²) >= 11 is 0. The molecule has 1 amide bonds. The van der Waals surface area contributed by atoms with Crippen LogP contribution in [-0.4, -0.2) is 77.3 Å². The molecule has 0 aromatic heterocycles. The van der Waals surface area contributed by atoms with Gasteiger partial charge >= 0.3 is 0 Å². The number of carbonyl (C=O) groups excluding carboxylic acids is 3. The zero-order valence-corrected chi connectivity index (χ0v) is 16.0. The normalized spacial score (nSPS) is 10.1. The summed E-state index contributed by atoms with van der Waals surface area (Å²) < 4.78 is 15.3. The minimum absolute atomic E-state index is 0.0142. The molecule has 0 aliphatic rings. The van der Waals surface area contributed by atoms with Gasteiger partial charge in [0.2, 0.25) is 5.91 Å². The molecule has 0 aromatic rings. The van der Waals surface area contributed by atoms with Crippen molar-refractivity contribution >= 4 is 18.0 Å². The number of rotatable bonds is 15. The van der Waals surface area contributed by atoms with Gasteiger partial charge in [0.1, 0.15) is 19.5 Å². The van der Waals surface area contributed by atoms with Crippen LogP contribution in [-0.2, 0) is 28.6 Å². The Morgan fingerprint density at radius 2 is 1.72 bits per heavy atom. The lowest BCUT2D eigenvalue weighted by Crippen LogP contribution is -2.29. The van der Waals surface area contributed by atoms with E-state index in [0.29, 0.717) is 39.2 Å². The number of hydrogen-bond donors (Lipinski definition) is 2. The van der Waals surface area contributed by atoms with Crippen molar-refractivity contribution in [3.63, 3.8) is 0 Å². The summed E-state index contributed by atoms with van der Waals surface area (Å²) in [7, 11) is 1.85. The number of ketones is 1. The molecule has 8 heteroatoms. The van der Waals surface area contributed by atoms with Crippen molar-refractivity contribution in [2.24, 2.45) is 0 Å². The number of aldehydes is 1. The summed E-state index contributed by atoms with van der Waals surface area (Å²) in [6, 6.07) is 0. The zero-order valence-electron chi connectivity index (χ0n) is 16.0. The monoisotopic (exact) mass is 362 g/mol. The summed E-state index contributed by atoms with van der Waals surface area (Å²) in [6.07, 6.45) is 1.84. The largest absolute Gasteiger partial charge is 0.376 e. The number of likely N-dealkylation sites (N-methyl/N-ethyl adjacent to an activating group) is 1. The van der Waals surface area contributed by atoms with Crippen LogP contribution < -0.4 is 10.6 Å². The van der Waals surface area contributed by atoms with Crippen molar-refractivity contribution in [2.75, 3.05) is 53.2 Å². The van der Waals surface area contributed by atoms with Gasteiger partial charge in [0.25, 0.3) is 0 Å². The lowest BCUT2D eigenvalue weighted by atomic mass is 10.3. The second kappa shape index (κ2) is 20.7. The van der Waals surface area contributed by atoms with E-state index in [1.54, 1.807) is 0 Å². The second-order valence-corrected chi connectivity index (χ2v) is 5.33. The third-order valence-corrected chi connectivity index (χ3v) is 2.65. The molecule has 0 bridgehead atoms. The average molecular weight is 362 g/mol. The first kappa shape index (κ1) is 25.9. The van der Waals surface area contributed by atoms with Gasteiger partial charge in [0.15, 0.2) is 5.78 Å². The first-order valence-electron chi connectivity index (χ1n) is 8.61. The van der Waals surface area contributed by atoms with E-state index in [1.807, 2.05) is 27.8 Å². The molecule has 25 heavy (non-hydrogen) atoms. The van der Waals surface area contributed by atoms with Crippen LogP contribution in [0.2, 0.25) is 0 Å². The molecular formula is C17H34N2O6. The molecule has 2 N–H and O–H groups in total. The van der Waals surface area contributed by atoms with Gasteiger partial charge in [-0.3, -0.25) is 9.59 Å². The minimum atomic E-state index is -0.207. The van der Waals surface area contributed by atoms with Gasteiger partial charge in [0.05, 0.1) is 25.9 Å². The first-order valence-corrected chi connectivity index (χ1v) is 8.61. The Hall–Kier alpha value is -1.35. The van der Waals surface area contributed by atoms with Gasteiger partial charge in [0, 0.05) is 25.9 Å². The Morgan fingerprint density at radius 1 is 1.04 bits per heavy atom. The van der Waals surface area contributed by atoms with E-state index in [9.17, 15) is 14.4 Å². The summed E-state index contributed by atoms with van der Waals surface area (Å²) in [4.78, 5) is 31.6. The maximum absolute atomic E-state index is 11.0. The van der Waals surface area contributed by atoms with Crippen LogP contribution in [0.15, 0.2) is 0 Å². The topological polar surface area (TPSA) is 103 Å². The summed E-state index contributed by atoms with van der Waals surface area (Å²) in [6.45, 7) is 8.66. The molecule has 0 heterocycles. The Kier molecular flexibility index (Phi) is 21.4. The number of ether oxygens (including phenoxy) is 3. The van der Waals surface area contributed by atoms with E-state index in [4.69, 9.17) is 14.2 Å². The van der Waals surface area contributed by atoms with Crippen LogP contribution in [0.25, 0.3) is 0 Å². The Labute approximate surface area is 151 Å². The third kappa shape index (κ3) is 25.0. The van der Waals surface area contributed by atoms with Crippen molar-refractivity contribution in [1.29, 1.82) is 0 Å². The van der Waals surface area contributed by atoms with Crippen LogP contribution in [0.4, 0.5) is 0 Å². The average Bonchev–Trinajstić information content (AvgIpc) is 2.58. The maximum Gasteiger partial charge on any atom is 0.246 e. The van der Waals surface area contributed by atoms with E-state index in [2.05, 4.69) is 10.6 Å². The third-order valence-electron chi connectivity index (χ3n) is 2.65. The van der Waals surface area contributed by atoms with Crippen molar-refractivity contribution in [2.45, 2.75) is 39.7 Å². The van der Waals surface area contributed by atoms with Crippen LogP contribution in [0.3, 0.4) is 0 Å². The smallest absolute Gasteiger partial charge is 0.246 e. The van der Waals surface area contributed by atoms with Crippen molar-refractivity contribution in [1.82, 2.24) is 10.6 Å². The molecule has 0 saturated carbocycles. The maximum atomic E-state index is 11.0. The molecule has 0 radical (unpaired) electrons. The van der Waals surface area contributed by atoms with Crippen LogP contribution in [0.5, 0.6) is 0 Å². The number of amides is 1. The van der Waals surface area contributed by atoms with Crippen molar-refractivity contribution in [3.8, 4) is 0 Å². The van der Waals surface area contributed by atoms with E-state index in [0.717, 1.165) is 12.8 Å². The van der Waals surface area contributed by atoms with Crippen LogP contribution in [0, 0.1) is 0 Å². The zero-order chi connectivity index (χ0) is 19.3. The van der Waals surface area contributed by atoms with Crippen molar-refractivity contribution in [3.05, 3.63) is 0 Å². The van der Waals surface area contributed by atoms with Crippen LogP contribution >= 0.6 is 0 Å². The van der Waals surface area contributed by atoms with Crippen molar-refractivity contribution < 1.29 is 28.6 Å². The van der Waals surface area contributed by atoms with Gasteiger partial charge in [-0.15, -0.1) is 0 Å². The standard InChI is InChI=1S/C10H19NO4.C7H15NO2/c1-9(2)15-7-6-14-8-10(13)11-4-3-5-12;1-3-7(9)6-10-5-4-8-2/h5,9H,3-4,6-8H2,1-2H3,(H,11,13);8H,3-6H2,1-2H3. The highest BCUT2D eigenvalue weighted by molar-refractivity contribution is 5.79. The Balaban J connectivity index is 0. The fourth-order valence-electron chi connectivity index (χ4n) is 1.29. The number of hydrogen-bond acceptors (Lipinski definition) is 7. The predicted molar refractivity (Wildman–Crippen MR) is 95.6 cm³/mol. The first-order chi connectivity index (χ1) is 12.0. The summed E-state index contributed by atoms with van der Waals surface area (Å²) in [5.74, 6) is -0.0440. The molecule has 0 saturated heterocycles. The predicted octanol–water partition coefficient (Wildman–Crippen LogP) is 0.335. The molecule has 0 unspecified atom stereocenters. The number of carbonyl (C=O) groups is 3. The van der Waals surface area contributed by atoms with Gasteiger partial charge in [-0.25, -0.2) is 0 Å². The number of nitrogens with one attached hydrogen (secondary N) is 2. The van der Waals surface area contributed by atoms with Gasteiger partial charge in [-0.05, 0) is 20.9 Å². The highest BCUT2D eigenvalue weighted by Gasteiger charge is 2.00. The Bertz CT molecular complexity index is 337. The van der Waals surface area contributed by atoms with Gasteiger partial charge < -0.3 is 29.6 Å². The molecule has 0 fully saturated rings. The highest BCUT2D eigenvalue weighted by atomic mass is 16.5. The fourth-order valence-corrected chi connectivity index (χ4v) is 1.29. The fraction of sp³-hybridized carbons (Fsp3) is 0.824. The second-order valence-electron chi connectivity index (χ2n) is 5.33. The minimum Gasteiger partial charge on any atom is -0.376 e. The van der Waals surface area contributed by atoms with E-state index in [-0.39, 0.29) is 31.0 Å². The molecular weight excluding hydrogens is 328 g/mol. The van der Waals surface area contributed by atoms with Gasteiger partial charge in [-0.1, -0.05) is 6.92 Å². The molecule has 0 aliphatic heterocycles. The molecule has 0 rings (SSSR count). The molecule has 8 nitrogen and oxygen atoms in total. The lowest BCUT2D eigenvalue weighted by molar-refractivity contribution is -0.126. The Morgan fingerprint density at radius 3 is 2.28 bits per heavy atom. The molecule has 0 atom stereocenters. The quantitative estimate of drug-likeness (QED) is 0.320. The highest BCUT2D eigenvalue weighted by Crippen LogP contribution is 1.87.